The summed E-state index contributed by atoms with van der Waals surface area (Å²) in [5.41, 5.74) is 0.870. The third-order valence-corrected chi connectivity index (χ3v) is 2.21. The molecule has 5 nitrogen and oxygen atoms in total. The zero-order valence-corrected chi connectivity index (χ0v) is 9.98. The van der Waals surface area contributed by atoms with Crippen LogP contribution in [0.5, 0.6) is 11.6 Å². The van der Waals surface area contributed by atoms with E-state index in [9.17, 15) is 0 Å². The zero-order chi connectivity index (χ0) is 12.1. The molecule has 88 valence electrons. The molecule has 0 aliphatic rings. The van der Waals surface area contributed by atoms with Crippen molar-refractivity contribution in [3.05, 3.63) is 41.6 Å². The van der Waals surface area contributed by atoms with Gasteiger partial charge in [0, 0.05) is 30.6 Å². The summed E-state index contributed by atoms with van der Waals surface area (Å²) in [7, 11) is 1.84. The van der Waals surface area contributed by atoms with Crippen LogP contribution in [-0.2, 0) is 6.54 Å². The highest BCUT2D eigenvalue weighted by Crippen LogP contribution is 2.23. The van der Waals surface area contributed by atoms with E-state index < -0.39 is 0 Å². The molecule has 1 N–H and O–H groups in total. The summed E-state index contributed by atoms with van der Waals surface area (Å²) in [6, 6.07) is 1.68. The highest BCUT2D eigenvalue weighted by Gasteiger charge is 2.06. The SMILES string of the molecule is CNCc1cncnc1Oc1cncc(Cl)c1. The smallest absolute Gasteiger partial charge is 0.226 e. The fourth-order valence-corrected chi connectivity index (χ4v) is 1.47. The molecule has 0 aliphatic heterocycles. The molecule has 0 aromatic carbocycles. The Balaban J connectivity index is 2.23. The van der Waals surface area contributed by atoms with Crippen molar-refractivity contribution < 1.29 is 4.74 Å². The van der Waals surface area contributed by atoms with E-state index in [0.717, 1.165) is 5.56 Å². The molecule has 0 saturated heterocycles. The van der Waals surface area contributed by atoms with Gasteiger partial charge in [0.25, 0.3) is 0 Å². The molecule has 2 aromatic rings. The van der Waals surface area contributed by atoms with Gasteiger partial charge >= 0.3 is 0 Å². The molecule has 2 heterocycles. The van der Waals surface area contributed by atoms with Gasteiger partial charge in [0.15, 0.2) is 0 Å². The van der Waals surface area contributed by atoms with E-state index in [1.54, 1.807) is 24.7 Å². The molecule has 0 fully saturated rings. The van der Waals surface area contributed by atoms with Crippen molar-refractivity contribution in [2.45, 2.75) is 6.54 Å². The molecule has 0 radical (unpaired) electrons. The van der Waals surface area contributed by atoms with Gasteiger partial charge in [-0.2, -0.15) is 0 Å². The number of aromatic nitrogens is 3. The van der Waals surface area contributed by atoms with Crippen molar-refractivity contribution in [2.24, 2.45) is 0 Å². The summed E-state index contributed by atoms with van der Waals surface area (Å²) in [6.45, 7) is 0.629. The molecule has 0 saturated carbocycles. The van der Waals surface area contributed by atoms with Crippen LogP contribution in [0.15, 0.2) is 31.0 Å². The van der Waals surface area contributed by atoms with Crippen LogP contribution in [0.25, 0.3) is 0 Å². The minimum absolute atomic E-state index is 0.499. The second-order valence-corrected chi connectivity index (χ2v) is 3.76. The molecular weight excluding hydrogens is 240 g/mol. The van der Waals surface area contributed by atoms with Gasteiger partial charge in [-0.25, -0.2) is 9.97 Å². The Bertz CT molecular complexity index is 506. The molecule has 0 bridgehead atoms. The van der Waals surface area contributed by atoms with Gasteiger partial charge in [-0.3, -0.25) is 4.98 Å². The number of halogens is 1. The first kappa shape index (κ1) is 11.8. The Morgan fingerprint density at radius 3 is 2.94 bits per heavy atom. The van der Waals surface area contributed by atoms with E-state index in [2.05, 4.69) is 20.3 Å². The third kappa shape index (κ3) is 3.12. The first-order valence-corrected chi connectivity index (χ1v) is 5.39. The lowest BCUT2D eigenvalue weighted by Gasteiger charge is -2.08. The van der Waals surface area contributed by atoms with Gasteiger partial charge in [0.1, 0.15) is 12.1 Å². The summed E-state index contributed by atoms with van der Waals surface area (Å²) >= 11 is 5.82. The monoisotopic (exact) mass is 250 g/mol. The van der Waals surface area contributed by atoms with Crippen molar-refractivity contribution in [3.8, 4) is 11.6 Å². The fourth-order valence-electron chi connectivity index (χ4n) is 1.31. The average Bonchev–Trinajstić information content (AvgIpc) is 2.32. The lowest BCUT2D eigenvalue weighted by atomic mass is 10.3. The minimum Gasteiger partial charge on any atom is -0.437 e. The Morgan fingerprint density at radius 2 is 2.18 bits per heavy atom. The molecule has 0 spiro atoms. The van der Waals surface area contributed by atoms with Crippen molar-refractivity contribution in [3.63, 3.8) is 0 Å². The lowest BCUT2D eigenvalue weighted by molar-refractivity contribution is 0.450. The van der Waals surface area contributed by atoms with Crippen LogP contribution in [0.4, 0.5) is 0 Å². The Labute approximate surface area is 104 Å². The molecular formula is C11H11ClN4O. The van der Waals surface area contributed by atoms with Gasteiger partial charge in [-0.1, -0.05) is 11.6 Å². The van der Waals surface area contributed by atoms with Crippen LogP contribution in [0.2, 0.25) is 5.02 Å². The lowest BCUT2D eigenvalue weighted by Crippen LogP contribution is -2.07. The van der Waals surface area contributed by atoms with Crippen LogP contribution in [-0.4, -0.2) is 22.0 Å². The minimum atomic E-state index is 0.499. The molecule has 6 heteroatoms. The number of ether oxygens (including phenoxy) is 1. The van der Waals surface area contributed by atoms with Gasteiger partial charge in [-0.15, -0.1) is 0 Å². The van der Waals surface area contributed by atoms with Crippen molar-refractivity contribution in [1.82, 2.24) is 20.3 Å². The quantitative estimate of drug-likeness (QED) is 0.900. The molecule has 2 aromatic heterocycles. The number of hydrogen-bond acceptors (Lipinski definition) is 5. The van der Waals surface area contributed by atoms with E-state index in [4.69, 9.17) is 16.3 Å². The summed E-state index contributed by atoms with van der Waals surface area (Å²) in [6.07, 6.45) is 6.27. The number of nitrogens with zero attached hydrogens (tertiary/aromatic N) is 3. The van der Waals surface area contributed by atoms with Crippen LogP contribution >= 0.6 is 11.6 Å². The van der Waals surface area contributed by atoms with Crippen molar-refractivity contribution in [1.29, 1.82) is 0 Å². The van der Waals surface area contributed by atoms with E-state index in [-0.39, 0.29) is 0 Å². The zero-order valence-electron chi connectivity index (χ0n) is 9.22. The number of nitrogens with one attached hydrogen (secondary N) is 1. The van der Waals surface area contributed by atoms with E-state index >= 15 is 0 Å². The third-order valence-electron chi connectivity index (χ3n) is 2.01. The first-order chi connectivity index (χ1) is 8.29. The maximum atomic E-state index is 5.82. The summed E-state index contributed by atoms with van der Waals surface area (Å²) in [5, 5.41) is 3.54. The van der Waals surface area contributed by atoms with Crippen molar-refractivity contribution in [2.75, 3.05) is 7.05 Å². The Kier molecular flexibility index (Phi) is 3.85. The number of hydrogen-bond donors (Lipinski definition) is 1. The second kappa shape index (κ2) is 5.56. The standard InChI is InChI=1S/C11H11ClN4O/c1-13-3-8-4-15-7-16-11(8)17-10-2-9(12)5-14-6-10/h2,4-7,13H,3H2,1H3. The number of rotatable bonds is 4. The molecule has 2 rings (SSSR count). The maximum Gasteiger partial charge on any atom is 0.226 e. The highest BCUT2D eigenvalue weighted by atomic mass is 35.5. The summed E-state index contributed by atoms with van der Waals surface area (Å²) in [5.74, 6) is 1.05. The van der Waals surface area contributed by atoms with Crippen LogP contribution < -0.4 is 10.1 Å². The first-order valence-electron chi connectivity index (χ1n) is 5.01. The van der Waals surface area contributed by atoms with Crippen LogP contribution in [0.1, 0.15) is 5.56 Å². The predicted molar refractivity (Wildman–Crippen MR) is 64.1 cm³/mol. The molecule has 0 aliphatic carbocycles. The molecule has 0 amide bonds. The molecule has 17 heavy (non-hydrogen) atoms. The van der Waals surface area contributed by atoms with Gasteiger partial charge in [-0.05, 0) is 7.05 Å². The largest absolute Gasteiger partial charge is 0.437 e. The average molecular weight is 251 g/mol. The van der Waals surface area contributed by atoms with E-state index in [0.29, 0.717) is 23.2 Å². The Hall–Kier alpha value is -1.72. The van der Waals surface area contributed by atoms with Crippen LogP contribution in [0.3, 0.4) is 0 Å². The normalized spacial score (nSPS) is 10.2. The predicted octanol–water partition coefficient (Wildman–Crippen LogP) is 2.04. The van der Waals surface area contributed by atoms with E-state index in [1.807, 2.05) is 7.05 Å². The second-order valence-electron chi connectivity index (χ2n) is 3.32. The maximum absolute atomic E-state index is 5.82. The highest BCUT2D eigenvalue weighted by molar-refractivity contribution is 6.30. The van der Waals surface area contributed by atoms with Crippen LogP contribution in [0, 0.1) is 0 Å². The van der Waals surface area contributed by atoms with Crippen molar-refractivity contribution >= 4 is 11.6 Å². The fraction of sp³-hybridized carbons (Fsp3) is 0.182. The molecule has 0 unspecified atom stereocenters. The summed E-state index contributed by atoms with van der Waals surface area (Å²) < 4.78 is 5.60. The van der Waals surface area contributed by atoms with Gasteiger partial charge < -0.3 is 10.1 Å². The topological polar surface area (TPSA) is 59.9 Å². The van der Waals surface area contributed by atoms with Gasteiger partial charge in [0.05, 0.1) is 11.2 Å². The Morgan fingerprint density at radius 1 is 1.29 bits per heavy atom. The van der Waals surface area contributed by atoms with E-state index in [1.165, 1.54) is 6.33 Å². The number of pyridine rings is 1. The summed E-state index contributed by atoms with van der Waals surface area (Å²) in [4.78, 5) is 12.0. The molecule has 0 atom stereocenters. The van der Waals surface area contributed by atoms with Gasteiger partial charge in [0.2, 0.25) is 5.88 Å².